The number of aryl methyl sites for hydroxylation is 1. The fraction of sp³-hybridized carbons (Fsp3) is 0.533. The van der Waals surface area contributed by atoms with Crippen LogP contribution in [0.5, 0.6) is 5.75 Å². The third-order valence-electron chi connectivity index (χ3n) is 2.87. The molecule has 0 radical (unpaired) electrons. The first-order valence-electron chi connectivity index (χ1n) is 6.82. The number of anilines is 1. The van der Waals surface area contributed by atoms with Crippen LogP contribution in [0.15, 0.2) is 18.2 Å². The van der Waals surface area contributed by atoms with Gasteiger partial charge in [-0.15, -0.1) is 0 Å². The Morgan fingerprint density at radius 3 is 2.79 bits per heavy atom. The number of benzene rings is 1. The molecular weight excluding hydrogens is 240 g/mol. The molecule has 1 aromatic carbocycles. The van der Waals surface area contributed by atoms with Crippen molar-refractivity contribution in [3.8, 4) is 5.75 Å². The SMILES string of the molecule is CCCCNCCC(=O)Nc1cc(C)ccc1OC. The minimum atomic E-state index is 0.00731. The largest absolute Gasteiger partial charge is 0.495 e. The summed E-state index contributed by atoms with van der Waals surface area (Å²) in [5.41, 5.74) is 1.83. The lowest BCUT2D eigenvalue weighted by Gasteiger charge is -2.11. The van der Waals surface area contributed by atoms with E-state index in [1.165, 1.54) is 6.42 Å². The van der Waals surface area contributed by atoms with E-state index in [2.05, 4.69) is 17.6 Å². The van der Waals surface area contributed by atoms with Gasteiger partial charge in [0.05, 0.1) is 12.8 Å². The molecule has 1 aromatic rings. The maximum absolute atomic E-state index is 11.8. The lowest BCUT2D eigenvalue weighted by Crippen LogP contribution is -2.22. The van der Waals surface area contributed by atoms with E-state index < -0.39 is 0 Å². The third kappa shape index (κ3) is 5.75. The average Bonchev–Trinajstić information content (AvgIpc) is 2.39. The molecule has 0 aromatic heterocycles. The van der Waals surface area contributed by atoms with Crippen LogP contribution < -0.4 is 15.4 Å². The van der Waals surface area contributed by atoms with Gasteiger partial charge in [-0.2, -0.15) is 0 Å². The van der Waals surface area contributed by atoms with Crippen LogP contribution in [-0.4, -0.2) is 26.1 Å². The van der Waals surface area contributed by atoms with E-state index in [9.17, 15) is 4.79 Å². The maximum Gasteiger partial charge on any atom is 0.225 e. The molecule has 2 N–H and O–H groups in total. The molecule has 0 spiro atoms. The Balaban J connectivity index is 2.41. The first-order chi connectivity index (χ1) is 9.17. The van der Waals surface area contributed by atoms with Gasteiger partial charge >= 0.3 is 0 Å². The highest BCUT2D eigenvalue weighted by Crippen LogP contribution is 2.25. The summed E-state index contributed by atoms with van der Waals surface area (Å²) in [5, 5.41) is 6.14. The molecule has 0 saturated carbocycles. The molecule has 0 saturated heterocycles. The molecule has 0 unspecified atom stereocenters. The first-order valence-corrected chi connectivity index (χ1v) is 6.82. The van der Waals surface area contributed by atoms with Crippen LogP contribution >= 0.6 is 0 Å². The molecule has 0 fully saturated rings. The van der Waals surface area contributed by atoms with Crippen molar-refractivity contribution in [2.75, 3.05) is 25.5 Å². The Morgan fingerprint density at radius 2 is 2.11 bits per heavy atom. The summed E-state index contributed by atoms with van der Waals surface area (Å²) in [6.07, 6.45) is 2.79. The van der Waals surface area contributed by atoms with E-state index >= 15 is 0 Å². The Kier molecular flexibility index (Phi) is 6.97. The molecule has 0 aliphatic heterocycles. The van der Waals surface area contributed by atoms with E-state index in [1.807, 2.05) is 25.1 Å². The second-order valence-electron chi connectivity index (χ2n) is 4.61. The minimum Gasteiger partial charge on any atom is -0.495 e. The van der Waals surface area contributed by atoms with Crippen molar-refractivity contribution in [2.24, 2.45) is 0 Å². The number of methoxy groups -OCH3 is 1. The van der Waals surface area contributed by atoms with Crippen molar-refractivity contribution in [1.29, 1.82) is 0 Å². The van der Waals surface area contributed by atoms with Crippen LogP contribution in [0.3, 0.4) is 0 Å². The van der Waals surface area contributed by atoms with E-state index in [1.54, 1.807) is 7.11 Å². The predicted octanol–water partition coefficient (Wildman–Crippen LogP) is 2.72. The van der Waals surface area contributed by atoms with Gasteiger partial charge in [0.15, 0.2) is 0 Å². The predicted molar refractivity (Wildman–Crippen MR) is 78.8 cm³/mol. The topological polar surface area (TPSA) is 50.4 Å². The number of unbranched alkanes of at least 4 members (excludes halogenated alkanes) is 1. The van der Waals surface area contributed by atoms with E-state index in [0.29, 0.717) is 18.7 Å². The van der Waals surface area contributed by atoms with Gasteiger partial charge in [0, 0.05) is 13.0 Å². The summed E-state index contributed by atoms with van der Waals surface area (Å²) >= 11 is 0. The first kappa shape index (κ1) is 15.5. The smallest absolute Gasteiger partial charge is 0.225 e. The molecular formula is C15H24N2O2. The van der Waals surface area contributed by atoms with Gasteiger partial charge in [0.2, 0.25) is 5.91 Å². The molecule has 0 bridgehead atoms. The summed E-state index contributed by atoms with van der Waals surface area (Å²) in [6, 6.07) is 5.74. The van der Waals surface area contributed by atoms with Crippen LogP contribution in [0.25, 0.3) is 0 Å². The molecule has 0 heterocycles. The van der Waals surface area contributed by atoms with Crippen LogP contribution in [-0.2, 0) is 4.79 Å². The van der Waals surface area contributed by atoms with Crippen LogP contribution in [0, 0.1) is 6.92 Å². The van der Waals surface area contributed by atoms with Crippen LogP contribution in [0.2, 0.25) is 0 Å². The van der Waals surface area contributed by atoms with E-state index in [0.717, 1.165) is 24.2 Å². The van der Waals surface area contributed by atoms with Gasteiger partial charge < -0.3 is 15.4 Å². The molecule has 4 nitrogen and oxygen atoms in total. The van der Waals surface area contributed by atoms with Gasteiger partial charge in [-0.25, -0.2) is 0 Å². The molecule has 106 valence electrons. The Bertz CT molecular complexity index is 405. The lowest BCUT2D eigenvalue weighted by atomic mass is 10.2. The van der Waals surface area contributed by atoms with E-state index in [4.69, 9.17) is 4.74 Å². The van der Waals surface area contributed by atoms with E-state index in [-0.39, 0.29) is 5.91 Å². The Hall–Kier alpha value is -1.55. The number of hydrogen-bond acceptors (Lipinski definition) is 3. The molecule has 1 rings (SSSR count). The zero-order valence-corrected chi connectivity index (χ0v) is 12.1. The average molecular weight is 264 g/mol. The highest BCUT2D eigenvalue weighted by atomic mass is 16.5. The van der Waals surface area contributed by atoms with Crippen molar-refractivity contribution in [3.05, 3.63) is 23.8 Å². The maximum atomic E-state index is 11.8. The number of carbonyl (C=O) groups is 1. The van der Waals surface area contributed by atoms with Gasteiger partial charge in [-0.1, -0.05) is 19.4 Å². The monoisotopic (exact) mass is 264 g/mol. The Labute approximate surface area is 115 Å². The zero-order chi connectivity index (χ0) is 14.1. The molecule has 0 aliphatic rings. The molecule has 1 amide bonds. The van der Waals surface area contributed by atoms with Gasteiger partial charge in [0.25, 0.3) is 0 Å². The highest BCUT2D eigenvalue weighted by Gasteiger charge is 2.07. The highest BCUT2D eigenvalue weighted by molar-refractivity contribution is 5.92. The second kappa shape index (κ2) is 8.53. The number of nitrogens with one attached hydrogen (secondary N) is 2. The minimum absolute atomic E-state index is 0.00731. The molecule has 0 aliphatic carbocycles. The van der Waals surface area contributed by atoms with Gasteiger partial charge in [-0.3, -0.25) is 4.79 Å². The molecule has 19 heavy (non-hydrogen) atoms. The van der Waals surface area contributed by atoms with Crippen molar-refractivity contribution in [3.63, 3.8) is 0 Å². The fourth-order valence-corrected chi connectivity index (χ4v) is 1.76. The number of carbonyl (C=O) groups excluding carboxylic acids is 1. The van der Waals surface area contributed by atoms with Gasteiger partial charge in [0.1, 0.15) is 5.75 Å². The quantitative estimate of drug-likeness (QED) is 0.710. The summed E-state index contributed by atoms with van der Waals surface area (Å²) < 4.78 is 5.23. The number of rotatable bonds is 8. The second-order valence-corrected chi connectivity index (χ2v) is 4.61. The zero-order valence-electron chi connectivity index (χ0n) is 12.1. The van der Waals surface area contributed by atoms with Crippen molar-refractivity contribution in [2.45, 2.75) is 33.1 Å². The normalized spacial score (nSPS) is 10.3. The van der Waals surface area contributed by atoms with Crippen molar-refractivity contribution < 1.29 is 9.53 Å². The lowest BCUT2D eigenvalue weighted by molar-refractivity contribution is -0.116. The number of amides is 1. The van der Waals surface area contributed by atoms with Gasteiger partial charge in [-0.05, 0) is 37.6 Å². The standard InChI is InChI=1S/C15H24N2O2/c1-4-5-9-16-10-8-15(18)17-13-11-12(2)6-7-14(13)19-3/h6-7,11,16H,4-5,8-10H2,1-3H3,(H,17,18). The van der Waals surface area contributed by atoms with Crippen molar-refractivity contribution in [1.82, 2.24) is 5.32 Å². The number of ether oxygens (including phenoxy) is 1. The summed E-state index contributed by atoms with van der Waals surface area (Å²) in [4.78, 5) is 11.8. The summed E-state index contributed by atoms with van der Waals surface area (Å²) in [7, 11) is 1.60. The summed E-state index contributed by atoms with van der Waals surface area (Å²) in [5.74, 6) is 0.700. The number of hydrogen-bond donors (Lipinski definition) is 2. The third-order valence-corrected chi connectivity index (χ3v) is 2.87. The Morgan fingerprint density at radius 1 is 1.32 bits per heavy atom. The summed E-state index contributed by atoms with van der Waals surface area (Å²) in [6.45, 7) is 5.82. The molecule has 0 atom stereocenters. The fourth-order valence-electron chi connectivity index (χ4n) is 1.76. The van der Waals surface area contributed by atoms with Crippen LogP contribution in [0.4, 0.5) is 5.69 Å². The van der Waals surface area contributed by atoms with Crippen molar-refractivity contribution >= 4 is 11.6 Å². The molecule has 4 heteroatoms. The van der Waals surface area contributed by atoms with Crippen LogP contribution in [0.1, 0.15) is 31.7 Å².